The van der Waals surface area contributed by atoms with Crippen LogP contribution >= 0.6 is 11.3 Å². The molecule has 0 amide bonds. The summed E-state index contributed by atoms with van der Waals surface area (Å²) in [6, 6.07) is 37.6. The van der Waals surface area contributed by atoms with Crippen molar-refractivity contribution in [3.63, 3.8) is 0 Å². The van der Waals surface area contributed by atoms with Crippen LogP contribution in [0.15, 0.2) is 132 Å². The topological polar surface area (TPSA) is 39.8 Å². The SMILES string of the molecule is Cc1ccsc1-c1cccn(Cc2ncn(C(c3ccccc3)(c3ccccc3)c3ccccc3)c2C)c1=O. The van der Waals surface area contributed by atoms with Gasteiger partial charge in [-0.2, -0.15) is 0 Å². The van der Waals surface area contributed by atoms with Gasteiger partial charge in [-0.15, -0.1) is 11.3 Å². The molecule has 0 radical (unpaired) electrons. The number of rotatable bonds is 7. The quantitative estimate of drug-likeness (QED) is 0.205. The smallest absolute Gasteiger partial charge is 0.259 e. The lowest BCUT2D eigenvalue weighted by atomic mass is 9.76. The molecule has 5 heteroatoms. The first kappa shape index (κ1) is 24.8. The number of imidazole rings is 1. The average molecular weight is 528 g/mol. The monoisotopic (exact) mass is 527 g/mol. The Labute approximate surface area is 232 Å². The number of hydrogen-bond donors (Lipinski definition) is 0. The summed E-state index contributed by atoms with van der Waals surface area (Å²) >= 11 is 1.60. The van der Waals surface area contributed by atoms with Crippen molar-refractivity contribution in [2.24, 2.45) is 0 Å². The lowest BCUT2D eigenvalue weighted by Crippen LogP contribution is -2.38. The average Bonchev–Trinajstić information content (AvgIpc) is 3.57. The van der Waals surface area contributed by atoms with Crippen molar-refractivity contribution in [1.29, 1.82) is 0 Å². The molecule has 0 aliphatic rings. The van der Waals surface area contributed by atoms with E-state index in [2.05, 4.69) is 90.4 Å². The van der Waals surface area contributed by atoms with Crippen molar-refractivity contribution in [3.8, 4) is 10.4 Å². The van der Waals surface area contributed by atoms with Crippen molar-refractivity contribution in [2.75, 3.05) is 0 Å². The summed E-state index contributed by atoms with van der Waals surface area (Å²) in [5.74, 6) is 0. The van der Waals surface area contributed by atoms with Gasteiger partial charge in [-0.25, -0.2) is 4.98 Å². The molecule has 0 N–H and O–H groups in total. The van der Waals surface area contributed by atoms with Gasteiger partial charge in [-0.3, -0.25) is 4.79 Å². The minimum Gasteiger partial charge on any atom is -0.316 e. The number of thiophene rings is 1. The van der Waals surface area contributed by atoms with Gasteiger partial charge in [-0.1, -0.05) is 91.0 Å². The number of aromatic nitrogens is 3. The molecule has 0 unspecified atom stereocenters. The largest absolute Gasteiger partial charge is 0.316 e. The van der Waals surface area contributed by atoms with Crippen molar-refractivity contribution >= 4 is 11.3 Å². The fraction of sp³-hybridized carbons (Fsp3) is 0.118. The third-order valence-electron chi connectivity index (χ3n) is 7.49. The first-order valence-corrected chi connectivity index (χ1v) is 13.9. The fourth-order valence-corrected chi connectivity index (χ4v) is 6.48. The van der Waals surface area contributed by atoms with Crippen LogP contribution in [-0.4, -0.2) is 14.1 Å². The first-order chi connectivity index (χ1) is 19.1. The molecule has 0 spiro atoms. The fourth-order valence-electron chi connectivity index (χ4n) is 5.54. The summed E-state index contributed by atoms with van der Waals surface area (Å²) in [6.07, 6.45) is 3.78. The van der Waals surface area contributed by atoms with E-state index in [-0.39, 0.29) is 5.56 Å². The third kappa shape index (κ3) is 4.25. The van der Waals surface area contributed by atoms with Crippen LogP contribution in [0.25, 0.3) is 10.4 Å². The number of aryl methyl sites for hydroxylation is 1. The van der Waals surface area contributed by atoms with Crippen molar-refractivity contribution < 1.29 is 0 Å². The highest BCUT2D eigenvalue weighted by molar-refractivity contribution is 7.13. The summed E-state index contributed by atoms with van der Waals surface area (Å²) in [4.78, 5) is 19.5. The molecule has 0 bridgehead atoms. The molecule has 0 fully saturated rings. The predicted octanol–water partition coefficient (Wildman–Crippen LogP) is 7.28. The summed E-state index contributed by atoms with van der Waals surface area (Å²) in [5.41, 5.74) is 6.51. The molecule has 0 aliphatic carbocycles. The zero-order valence-electron chi connectivity index (χ0n) is 22.0. The predicted molar refractivity (Wildman–Crippen MR) is 159 cm³/mol. The third-order valence-corrected chi connectivity index (χ3v) is 8.54. The van der Waals surface area contributed by atoms with Gasteiger partial charge < -0.3 is 9.13 Å². The van der Waals surface area contributed by atoms with Crippen LogP contribution in [0.1, 0.15) is 33.6 Å². The Morgan fingerprint density at radius 2 is 1.31 bits per heavy atom. The Bertz CT molecular complexity index is 1670. The van der Waals surface area contributed by atoms with E-state index in [0.29, 0.717) is 6.54 Å². The van der Waals surface area contributed by atoms with Gasteiger partial charge in [0.15, 0.2) is 0 Å². The zero-order valence-corrected chi connectivity index (χ0v) is 22.8. The lowest BCUT2D eigenvalue weighted by molar-refractivity contribution is 0.502. The van der Waals surface area contributed by atoms with Crippen LogP contribution in [0.4, 0.5) is 0 Å². The lowest BCUT2D eigenvalue weighted by Gasteiger charge is -2.38. The molecule has 39 heavy (non-hydrogen) atoms. The maximum absolute atomic E-state index is 13.5. The van der Waals surface area contributed by atoms with E-state index in [4.69, 9.17) is 4.98 Å². The second-order valence-electron chi connectivity index (χ2n) is 9.74. The van der Waals surface area contributed by atoms with Crippen molar-refractivity contribution in [3.05, 3.63) is 171 Å². The van der Waals surface area contributed by atoms with E-state index < -0.39 is 5.54 Å². The molecule has 3 aromatic carbocycles. The van der Waals surface area contributed by atoms with Crippen LogP contribution < -0.4 is 5.56 Å². The molecule has 0 saturated heterocycles. The molecule has 4 nitrogen and oxygen atoms in total. The van der Waals surface area contributed by atoms with Gasteiger partial charge in [-0.05, 0) is 59.7 Å². The van der Waals surface area contributed by atoms with Gasteiger partial charge in [0.05, 0.1) is 24.1 Å². The van der Waals surface area contributed by atoms with Crippen LogP contribution in [0.3, 0.4) is 0 Å². The Morgan fingerprint density at radius 1 is 0.744 bits per heavy atom. The Hall–Kier alpha value is -4.48. The normalized spacial score (nSPS) is 11.5. The highest BCUT2D eigenvalue weighted by atomic mass is 32.1. The Balaban J connectivity index is 1.53. The second-order valence-corrected chi connectivity index (χ2v) is 10.7. The Kier molecular flexibility index (Phi) is 6.59. The molecule has 0 aliphatic heterocycles. The van der Waals surface area contributed by atoms with Crippen LogP contribution in [-0.2, 0) is 12.1 Å². The van der Waals surface area contributed by atoms with E-state index in [0.717, 1.165) is 44.1 Å². The molecular weight excluding hydrogens is 498 g/mol. The summed E-state index contributed by atoms with van der Waals surface area (Å²) < 4.78 is 4.03. The van der Waals surface area contributed by atoms with Gasteiger partial charge in [0, 0.05) is 16.8 Å². The molecule has 192 valence electrons. The molecular formula is C34H29N3OS. The molecule has 3 heterocycles. The highest BCUT2D eigenvalue weighted by Gasteiger charge is 2.39. The van der Waals surface area contributed by atoms with E-state index in [9.17, 15) is 4.79 Å². The number of pyridine rings is 1. The summed E-state index contributed by atoms with van der Waals surface area (Å²) in [6.45, 7) is 4.54. The van der Waals surface area contributed by atoms with Crippen LogP contribution in [0.2, 0.25) is 0 Å². The first-order valence-electron chi connectivity index (χ1n) is 13.0. The van der Waals surface area contributed by atoms with Crippen LogP contribution in [0, 0.1) is 13.8 Å². The standard InChI is InChI=1S/C34H29N3OS/c1-25-20-22-39-32(25)30-19-12-21-36(33(30)38)23-31-26(2)37(24-35-31)34(27-13-6-3-7-14-27,28-15-8-4-9-16-28)29-17-10-5-11-18-29/h3-22,24H,23H2,1-2H3. The number of benzene rings is 3. The van der Waals surface area contributed by atoms with Gasteiger partial charge in [0.25, 0.3) is 5.56 Å². The summed E-state index contributed by atoms with van der Waals surface area (Å²) in [7, 11) is 0. The second kappa shape index (κ2) is 10.4. The minimum absolute atomic E-state index is 0.00237. The summed E-state index contributed by atoms with van der Waals surface area (Å²) in [5, 5.41) is 2.03. The molecule has 0 saturated carbocycles. The van der Waals surface area contributed by atoms with Crippen molar-refractivity contribution in [2.45, 2.75) is 25.9 Å². The molecule has 0 atom stereocenters. The molecule has 6 aromatic rings. The highest BCUT2D eigenvalue weighted by Crippen LogP contribution is 2.42. The van der Waals surface area contributed by atoms with Crippen LogP contribution in [0.5, 0.6) is 0 Å². The van der Waals surface area contributed by atoms with Gasteiger partial charge >= 0.3 is 0 Å². The van der Waals surface area contributed by atoms with E-state index >= 15 is 0 Å². The molecule has 6 rings (SSSR count). The Morgan fingerprint density at radius 3 is 1.82 bits per heavy atom. The van der Waals surface area contributed by atoms with E-state index in [1.54, 1.807) is 15.9 Å². The van der Waals surface area contributed by atoms with Crippen molar-refractivity contribution in [1.82, 2.24) is 14.1 Å². The number of hydrogen-bond acceptors (Lipinski definition) is 3. The van der Waals surface area contributed by atoms with Gasteiger partial charge in [0.1, 0.15) is 5.54 Å². The zero-order chi connectivity index (χ0) is 26.8. The maximum Gasteiger partial charge on any atom is 0.259 e. The van der Waals surface area contributed by atoms with Gasteiger partial charge in [0.2, 0.25) is 0 Å². The molecule has 3 aromatic heterocycles. The number of nitrogens with zero attached hydrogens (tertiary/aromatic N) is 3. The van der Waals surface area contributed by atoms with E-state index in [1.165, 1.54) is 0 Å². The minimum atomic E-state index is -0.639. The maximum atomic E-state index is 13.5. The van der Waals surface area contributed by atoms with E-state index in [1.807, 2.05) is 55.2 Å².